The Balaban J connectivity index is 1.78. The van der Waals surface area contributed by atoms with Gasteiger partial charge in [-0.05, 0) is 24.8 Å². The predicted octanol–water partition coefficient (Wildman–Crippen LogP) is 3.14. The minimum Gasteiger partial charge on any atom is -0.336 e. The third-order valence-corrected chi connectivity index (χ3v) is 4.60. The van der Waals surface area contributed by atoms with Gasteiger partial charge in [-0.15, -0.1) is 0 Å². The van der Waals surface area contributed by atoms with Crippen LogP contribution < -0.4 is 5.32 Å². The highest BCUT2D eigenvalue weighted by Crippen LogP contribution is 2.24. The molecular weight excluding hydrogens is 326 g/mol. The lowest BCUT2D eigenvalue weighted by Crippen LogP contribution is -2.47. The number of rotatable bonds is 5. The van der Waals surface area contributed by atoms with Crippen molar-refractivity contribution in [2.24, 2.45) is 7.05 Å². The second-order valence-electron chi connectivity index (χ2n) is 6.33. The second kappa shape index (κ2) is 7.63. The van der Waals surface area contributed by atoms with Crippen molar-refractivity contribution in [1.82, 2.24) is 19.8 Å². The fourth-order valence-electron chi connectivity index (χ4n) is 3.31. The summed E-state index contributed by atoms with van der Waals surface area (Å²) < 4.78 is 28.1. The molecule has 1 aromatic heterocycles. The molecule has 1 aliphatic heterocycles. The molecule has 2 aromatic rings. The van der Waals surface area contributed by atoms with Crippen LogP contribution in [-0.4, -0.2) is 39.5 Å². The highest BCUT2D eigenvalue weighted by atomic mass is 19.3. The average Bonchev–Trinajstić information content (AvgIpc) is 3.24. The second-order valence-corrected chi connectivity index (χ2v) is 6.33. The number of aryl methyl sites for hydroxylation is 1. The first-order chi connectivity index (χ1) is 12.1. The number of hydrogen-bond acceptors (Lipinski definition) is 2. The first kappa shape index (κ1) is 17.4. The zero-order valence-corrected chi connectivity index (χ0v) is 14.1. The van der Waals surface area contributed by atoms with Crippen molar-refractivity contribution in [3.05, 3.63) is 54.1 Å². The summed E-state index contributed by atoms with van der Waals surface area (Å²) in [5, 5.41) is 2.91. The first-order valence-electron chi connectivity index (χ1n) is 8.42. The number of alkyl halides is 2. The van der Waals surface area contributed by atoms with Crippen LogP contribution in [0, 0.1) is 0 Å². The van der Waals surface area contributed by atoms with Crippen molar-refractivity contribution < 1.29 is 13.6 Å². The number of aromatic nitrogens is 2. The molecule has 1 unspecified atom stereocenters. The van der Waals surface area contributed by atoms with E-state index in [1.165, 1.54) is 4.90 Å². The van der Waals surface area contributed by atoms with Gasteiger partial charge in [0.25, 0.3) is 6.43 Å². The van der Waals surface area contributed by atoms with Crippen molar-refractivity contribution in [3.63, 3.8) is 0 Å². The van der Waals surface area contributed by atoms with Crippen molar-refractivity contribution in [2.45, 2.75) is 37.8 Å². The highest BCUT2D eigenvalue weighted by molar-refractivity contribution is 5.75. The molecule has 1 saturated heterocycles. The molecule has 2 atom stereocenters. The highest BCUT2D eigenvalue weighted by Gasteiger charge is 2.36. The first-order valence-corrected chi connectivity index (χ1v) is 8.42. The van der Waals surface area contributed by atoms with Gasteiger partial charge in [0.2, 0.25) is 0 Å². The van der Waals surface area contributed by atoms with E-state index in [2.05, 4.69) is 10.3 Å². The maximum Gasteiger partial charge on any atom is 0.318 e. The Morgan fingerprint density at radius 1 is 1.36 bits per heavy atom. The molecule has 134 valence electrons. The molecular formula is C18H22F2N4O. The Labute approximate surface area is 145 Å². The Bertz CT molecular complexity index is 704. The topological polar surface area (TPSA) is 50.2 Å². The van der Waals surface area contributed by atoms with Gasteiger partial charge in [0.15, 0.2) is 0 Å². The van der Waals surface area contributed by atoms with Gasteiger partial charge >= 0.3 is 6.03 Å². The molecule has 5 nitrogen and oxygen atoms in total. The number of carbonyl (C=O) groups is 1. The molecule has 2 amide bonds. The Hall–Kier alpha value is -2.44. The van der Waals surface area contributed by atoms with Gasteiger partial charge < -0.3 is 14.8 Å². The van der Waals surface area contributed by atoms with Gasteiger partial charge in [-0.3, -0.25) is 0 Å². The minimum absolute atomic E-state index is 0.344. The molecule has 1 aromatic carbocycles. The number of hydrogen-bond donors (Lipinski definition) is 1. The summed E-state index contributed by atoms with van der Waals surface area (Å²) >= 11 is 0. The maximum absolute atomic E-state index is 13.1. The molecule has 7 heteroatoms. The standard InChI is InChI=1S/C18H22F2N4O/c1-23-11-9-21-17(23)14(12-13-6-3-2-4-7-13)22-18(25)24-10-5-8-15(24)16(19)20/h2-4,6-7,9,11,14-16H,5,8,10,12H2,1H3,(H,22,25)/t14?,15-/m0/s1. The van der Waals surface area contributed by atoms with E-state index < -0.39 is 18.5 Å². The van der Waals surface area contributed by atoms with E-state index in [1.807, 2.05) is 41.9 Å². The molecule has 1 N–H and O–H groups in total. The fraction of sp³-hybridized carbons (Fsp3) is 0.444. The molecule has 1 aliphatic rings. The van der Waals surface area contributed by atoms with Gasteiger partial charge in [0.05, 0.1) is 12.1 Å². The predicted molar refractivity (Wildman–Crippen MR) is 90.4 cm³/mol. The molecule has 3 rings (SSSR count). The lowest BCUT2D eigenvalue weighted by Gasteiger charge is -2.27. The molecule has 0 spiro atoms. The van der Waals surface area contributed by atoms with E-state index in [0.717, 1.165) is 5.56 Å². The Morgan fingerprint density at radius 2 is 2.12 bits per heavy atom. The van der Waals surface area contributed by atoms with Gasteiger partial charge in [0, 0.05) is 26.0 Å². The number of halogens is 2. The number of amides is 2. The number of nitrogens with zero attached hydrogens (tertiary/aromatic N) is 3. The number of imidazole rings is 1. The normalized spacial score (nSPS) is 18.6. The van der Waals surface area contributed by atoms with Gasteiger partial charge in [-0.2, -0.15) is 0 Å². The molecule has 0 saturated carbocycles. The van der Waals surface area contributed by atoms with Gasteiger partial charge in [-0.1, -0.05) is 30.3 Å². The number of carbonyl (C=O) groups excluding carboxylic acids is 1. The largest absolute Gasteiger partial charge is 0.336 e. The molecule has 0 radical (unpaired) electrons. The lowest BCUT2D eigenvalue weighted by atomic mass is 10.1. The number of urea groups is 1. The van der Waals surface area contributed by atoms with Crippen LogP contribution in [0.4, 0.5) is 13.6 Å². The lowest BCUT2D eigenvalue weighted by molar-refractivity contribution is 0.0599. The summed E-state index contributed by atoms with van der Waals surface area (Å²) in [5.41, 5.74) is 1.04. The smallest absolute Gasteiger partial charge is 0.318 e. The molecule has 0 bridgehead atoms. The summed E-state index contributed by atoms with van der Waals surface area (Å²) in [4.78, 5) is 18.2. The monoisotopic (exact) mass is 348 g/mol. The number of nitrogens with one attached hydrogen (secondary N) is 1. The molecule has 0 aliphatic carbocycles. The maximum atomic E-state index is 13.1. The van der Waals surface area contributed by atoms with Crippen molar-refractivity contribution >= 4 is 6.03 Å². The van der Waals surface area contributed by atoms with Crippen LogP contribution in [-0.2, 0) is 13.5 Å². The molecule has 25 heavy (non-hydrogen) atoms. The quantitative estimate of drug-likeness (QED) is 0.902. The van der Waals surface area contributed by atoms with E-state index in [-0.39, 0.29) is 6.04 Å². The van der Waals surface area contributed by atoms with E-state index in [4.69, 9.17) is 0 Å². The van der Waals surface area contributed by atoms with Crippen LogP contribution in [0.1, 0.15) is 30.3 Å². The van der Waals surface area contributed by atoms with Gasteiger partial charge in [0.1, 0.15) is 5.82 Å². The molecule has 1 fully saturated rings. The van der Waals surface area contributed by atoms with Gasteiger partial charge in [-0.25, -0.2) is 18.6 Å². The van der Waals surface area contributed by atoms with E-state index in [0.29, 0.717) is 31.6 Å². The number of benzene rings is 1. The van der Waals surface area contributed by atoms with Crippen LogP contribution in [0.5, 0.6) is 0 Å². The fourth-order valence-corrected chi connectivity index (χ4v) is 3.31. The zero-order chi connectivity index (χ0) is 17.8. The SMILES string of the molecule is Cn1ccnc1C(Cc1ccccc1)NC(=O)N1CCC[C@H]1C(F)F. The van der Waals surface area contributed by atoms with Crippen molar-refractivity contribution in [2.75, 3.05) is 6.54 Å². The van der Waals surface area contributed by atoms with Crippen molar-refractivity contribution in [3.8, 4) is 0 Å². The summed E-state index contributed by atoms with van der Waals surface area (Å²) in [6.45, 7) is 0.361. The third-order valence-electron chi connectivity index (χ3n) is 4.60. The number of likely N-dealkylation sites (tertiary alicyclic amines) is 1. The van der Waals surface area contributed by atoms with Crippen molar-refractivity contribution in [1.29, 1.82) is 0 Å². The summed E-state index contributed by atoms with van der Waals surface area (Å²) in [6.07, 6.45) is 2.44. The van der Waals surface area contributed by atoms with Crippen LogP contribution in [0.3, 0.4) is 0 Å². The Morgan fingerprint density at radius 3 is 2.76 bits per heavy atom. The minimum atomic E-state index is -2.52. The van der Waals surface area contributed by atoms with Crippen LogP contribution >= 0.6 is 0 Å². The molecule has 2 heterocycles. The van der Waals surface area contributed by atoms with E-state index in [9.17, 15) is 13.6 Å². The van der Waals surface area contributed by atoms with E-state index in [1.54, 1.807) is 12.4 Å². The van der Waals surface area contributed by atoms with Crippen LogP contribution in [0.25, 0.3) is 0 Å². The average molecular weight is 348 g/mol. The zero-order valence-electron chi connectivity index (χ0n) is 14.1. The third kappa shape index (κ3) is 3.97. The summed E-state index contributed by atoms with van der Waals surface area (Å²) in [7, 11) is 1.85. The Kier molecular flexibility index (Phi) is 5.31. The van der Waals surface area contributed by atoms with E-state index >= 15 is 0 Å². The van der Waals surface area contributed by atoms with Crippen LogP contribution in [0.2, 0.25) is 0 Å². The summed E-state index contributed by atoms with van der Waals surface area (Å²) in [5.74, 6) is 0.699. The summed E-state index contributed by atoms with van der Waals surface area (Å²) in [6, 6.07) is 7.90. The van der Waals surface area contributed by atoms with Crippen LogP contribution in [0.15, 0.2) is 42.7 Å².